The molecule has 2 fully saturated rings. The van der Waals surface area contributed by atoms with E-state index in [2.05, 4.69) is 64.0 Å². The van der Waals surface area contributed by atoms with Crippen molar-refractivity contribution in [1.82, 2.24) is 30.2 Å². The summed E-state index contributed by atoms with van der Waals surface area (Å²) in [6.07, 6.45) is 6.61. The molecule has 1 amide bonds. The second kappa shape index (κ2) is 22.8. The number of anilines is 2. The number of ether oxygens (including phenoxy) is 1. The smallest absolute Gasteiger partial charge is 0.410 e. The van der Waals surface area contributed by atoms with Gasteiger partial charge in [-0.05, 0) is 157 Å². The normalized spacial score (nSPS) is 15.2. The number of aromatic nitrogens is 4. The second-order valence-corrected chi connectivity index (χ2v) is 19.7. The average Bonchev–Trinajstić information content (AvgIpc) is 4.07. The summed E-state index contributed by atoms with van der Waals surface area (Å²) < 4.78 is 45.7. The van der Waals surface area contributed by atoms with E-state index in [1.807, 2.05) is 81.4 Å². The number of halogens is 2. The van der Waals surface area contributed by atoms with Crippen molar-refractivity contribution in [2.75, 3.05) is 36.8 Å². The van der Waals surface area contributed by atoms with Gasteiger partial charge in [0.15, 0.2) is 23.3 Å². The van der Waals surface area contributed by atoms with Gasteiger partial charge in [0.1, 0.15) is 40.3 Å². The first-order valence-corrected chi connectivity index (χ1v) is 25.1. The summed E-state index contributed by atoms with van der Waals surface area (Å²) >= 11 is 0. The quantitative estimate of drug-likeness (QED) is 0.108. The highest BCUT2D eigenvalue weighted by Gasteiger charge is 2.31. The molecule has 4 aromatic heterocycles. The maximum atomic E-state index is 13.7. The van der Waals surface area contributed by atoms with Gasteiger partial charge in [-0.25, -0.2) is 33.5 Å². The van der Waals surface area contributed by atoms with Gasteiger partial charge >= 0.3 is 6.09 Å². The third-order valence-electron chi connectivity index (χ3n) is 13.1. The number of carbonyl (C=O) groups excluding carboxylic acids is 1. The van der Waals surface area contributed by atoms with Gasteiger partial charge in [0.2, 0.25) is 0 Å². The number of oxazole rings is 2. The number of nitrogens with zero attached hydrogens (tertiary/aromatic N) is 5. The Kier molecular flexibility index (Phi) is 15.7. The number of carbonyl (C=O) groups is 1. The summed E-state index contributed by atoms with van der Waals surface area (Å²) in [6, 6.07) is 41.0. The molecule has 2 aliphatic heterocycles. The molecule has 376 valence electrons. The Morgan fingerprint density at radius 2 is 1.04 bits per heavy atom. The lowest BCUT2D eigenvalue weighted by Gasteiger charge is -2.32. The van der Waals surface area contributed by atoms with Crippen LogP contribution in [0, 0.1) is 11.6 Å². The molecule has 4 aromatic carbocycles. The zero-order chi connectivity index (χ0) is 50.9. The highest BCUT2D eigenvalue weighted by Crippen LogP contribution is 2.40. The minimum absolute atomic E-state index is 0.0455. The molecule has 8 aromatic rings. The molecule has 0 spiro atoms. The van der Waals surface area contributed by atoms with Gasteiger partial charge in [-0.1, -0.05) is 60.7 Å². The van der Waals surface area contributed by atoms with Crippen molar-refractivity contribution >= 4 is 17.7 Å². The maximum absolute atomic E-state index is 13.7. The lowest BCUT2D eigenvalue weighted by Crippen LogP contribution is -2.41. The monoisotopic (exact) mass is 984 g/mol. The topological polar surface area (TPSA) is 143 Å². The zero-order valence-electron chi connectivity index (χ0n) is 41.9. The van der Waals surface area contributed by atoms with Gasteiger partial charge in [-0.15, -0.1) is 0 Å². The predicted molar refractivity (Wildman–Crippen MR) is 282 cm³/mol. The molecular formula is C59H62F2N8O4. The van der Waals surface area contributed by atoms with Gasteiger partial charge in [0, 0.05) is 71.7 Å². The van der Waals surface area contributed by atoms with E-state index >= 15 is 0 Å². The fraction of sp³-hybridized carbons (Fsp3) is 0.305. The molecule has 0 aliphatic carbocycles. The zero-order valence-corrected chi connectivity index (χ0v) is 41.9. The van der Waals surface area contributed by atoms with Crippen molar-refractivity contribution in [2.24, 2.45) is 0 Å². The van der Waals surface area contributed by atoms with Gasteiger partial charge in [-0.2, -0.15) is 0 Å². The first kappa shape index (κ1) is 50.2. The third kappa shape index (κ3) is 12.9. The van der Waals surface area contributed by atoms with E-state index in [4.69, 9.17) is 23.5 Å². The van der Waals surface area contributed by atoms with Crippen molar-refractivity contribution in [2.45, 2.75) is 89.8 Å². The lowest BCUT2D eigenvalue weighted by molar-refractivity contribution is 0.0199. The summed E-state index contributed by atoms with van der Waals surface area (Å²) in [4.78, 5) is 33.1. The van der Waals surface area contributed by atoms with Gasteiger partial charge < -0.3 is 34.4 Å². The Morgan fingerprint density at radius 3 is 1.47 bits per heavy atom. The number of nitrogens with one attached hydrogen (secondary N) is 3. The van der Waals surface area contributed by atoms with Gasteiger partial charge in [0.25, 0.3) is 0 Å². The largest absolute Gasteiger partial charge is 0.444 e. The van der Waals surface area contributed by atoms with E-state index in [0.717, 1.165) is 71.2 Å². The Balaban J connectivity index is 0.000000183. The molecule has 2 atom stereocenters. The summed E-state index contributed by atoms with van der Waals surface area (Å²) in [7, 11) is 0. The van der Waals surface area contributed by atoms with Gasteiger partial charge in [-0.3, -0.25) is 0 Å². The molecule has 0 unspecified atom stereocenters. The third-order valence-corrected chi connectivity index (χ3v) is 13.1. The highest BCUT2D eigenvalue weighted by atomic mass is 19.1. The number of rotatable bonds is 12. The summed E-state index contributed by atoms with van der Waals surface area (Å²) in [6.45, 7) is 12.8. The summed E-state index contributed by atoms with van der Waals surface area (Å²) in [5.74, 6) is 3.86. The molecule has 73 heavy (non-hydrogen) atoms. The predicted octanol–water partition coefficient (Wildman–Crippen LogP) is 14.0. The van der Waals surface area contributed by atoms with Crippen molar-refractivity contribution in [3.8, 4) is 45.2 Å². The minimum Gasteiger partial charge on any atom is -0.444 e. The Bertz CT molecular complexity index is 3050. The number of amides is 1. The first-order chi connectivity index (χ1) is 35.3. The maximum Gasteiger partial charge on any atom is 0.410 e. The number of hydrogen-bond donors (Lipinski definition) is 3. The standard InChI is InChI=1S/C32H35FN4O3.C27H27FN4O/c1-21(22-8-6-5-7-9-22)35-27-20-25(14-17-34-27)29-28(23-10-12-26(33)13-11-23)36-30(39-29)24-15-18-37(19-16-24)31(38)40-32(2,3)4;1-18(19-5-3-2-4-6-19)31-24-17-22(13-16-30-24)26-25(20-7-9-23(28)10-8-20)32-27(33-26)21-11-14-29-15-12-21/h5-14,17,20-21,24H,15-16,18-19H2,1-4H3,(H,34,35);2-10,13,16-18,21,29H,11-12,14-15H2,1H3,(H,30,31)/t21-;18-/m00/s1. The van der Waals surface area contributed by atoms with E-state index in [9.17, 15) is 13.6 Å². The molecule has 2 aliphatic rings. The summed E-state index contributed by atoms with van der Waals surface area (Å²) in [5.41, 5.74) is 6.50. The molecule has 14 heteroatoms. The first-order valence-electron chi connectivity index (χ1n) is 25.1. The number of pyridine rings is 2. The van der Waals surface area contributed by atoms with Crippen LogP contribution >= 0.6 is 0 Å². The second-order valence-electron chi connectivity index (χ2n) is 19.7. The molecule has 10 rings (SSSR count). The molecule has 2 saturated heterocycles. The van der Waals surface area contributed by atoms with E-state index < -0.39 is 5.60 Å². The van der Waals surface area contributed by atoms with Crippen LogP contribution < -0.4 is 16.0 Å². The van der Waals surface area contributed by atoms with Crippen LogP contribution in [0.4, 0.5) is 25.2 Å². The molecule has 0 radical (unpaired) electrons. The Morgan fingerprint density at radius 1 is 0.616 bits per heavy atom. The number of hydrogen-bond acceptors (Lipinski definition) is 11. The van der Waals surface area contributed by atoms with Crippen molar-refractivity contribution < 1.29 is 27.1 Å². The van der Waals surface area contributed by atoms with Crippen molar-refractivity contribution in [3.05, 3.63) is 180 Å². The molecule has 3 N–H and O–H groups in total. The lowest BCUT2D eigenvalue weighted by atomic mass is 9.97. The summed E-state index contributed by atoms with van der Waals surface area (Å²) in [5, 5.41) is 10.3. The average molecular weight is 985 g/mol. The van der Waals surface area contributed by atoms with E-state index in [1.165, 1.54) is 29.8 Å². The molecule has 0 bridgehead atoms. The van der Waals surface area contributed by atoms with Crippen LogP contribution in [0.1, 0.15) is 107 Å². The van der Waals surface area contributed by atoms with Crippen LogP contribution in [-0.2, 0) is 4.74 Å². The Hall–Kier alpha value is -7.71. The van der Waals surface area contributed by atoms with Crippen LogP contribution in [0.2, 0.25) is 0 Å². The van der Waals surface area contributed by atoms with Crippen LogP contribution in [0.3, 0.4) is 0 Å². The number of benzene rings is 4. The molecular weight excluding hydrogens is 923 g/mol. The SMILES string of the molecule is C[C@H](Nc1cc(-c2oc(C3CCN(C(=O)OC(C)(C)C)CC3)nc2-c2ccc(F)cc2)ccn1)c1ccccc1.C[C@H](Nc1cc(-c2oc(C3CCNCC3)nc2-c2ccc(F)cc2)ccn1)c1ccccc1. The van der Waals surface area contributed by atoms with Crippen molar-refractivity contribution in [3.63, 3.8) is 0 Å². The molecule has 12 nitrogen and oxygen atoms in total. The fourth-order valence-corrected chi connectivity index (χ4v) is 9.12. The highest BCUT2D eigenvalue weighted by molar-refractivity contribution is 5.79. The molecule has 6 heterocycles. The van der Waals surface area contributed by atoms with Gasteiger partial charge in [0.05, 0.1) is 0 Å². The molecule has 0 saturated carbocycles. The van der Waals surface area contributed by atoms with E-state index in [0.29, 0.717) is 54.9 Å². The minimum atomic E-state index is -0.535. The number of piperidine rings is 2. The van der Waals surface area contributed by atoms with Crippen LogP contribution in [0.25, 0.3) is 45.2 Å². The number of likely N-dealkylation sites (tertiary alicyclic amines) is 1. The van der Waals surface area contributed by atoms with Crippen molar-refractivity contribution in [1.29, 1.82) is 0 Å². The fourth-order valence-electron chi connectivity index (χ4n) is 9.12. The van der Waals surface area contributed by atoms with E-state index in [-0.39, 0.29) is 41.6 Å². The van der Waals surface area contributed by atoms with Crippen LogP contribution in [0.5, 0.6) is 0 Å². The van der Waals surface area contributed by atoms with E-state index in [1.54, 1.807) is 41.6 Å². The van der Waals surface area contributed by atoms with Crippen LogP contribution in [0.15, 0.2) is 155 Å². The van der Waals surface area contributed by atoms with Crippen LogP contribution in [-0.4, -0.2) is 62.7 Å². The Labute approximate surface area is 425 Å².